The molecule has 2 nitrogen and oxygen atoms in total. The Morgan fingerprint density at radius 3 is 2.29 bits per heavy atom. The lowest BCUT2D eigenvalue weighted by molar-refractivity contribution is 0.252. The zero-order valence-corrected chi connectivity index (χ0v) is 10.7. The third kappa shape index (κ3) is 4.63. The molecule has 96 valence electrons. The first-order chi connectivity index (χ1) is 8.29. The highest BCUT2D eigenvalue weighted by atomic mass is 19.1. The van der Waals surface area contributed by atoms with E-state index >= 15 is 0 Å². The number of benzene rings is 1. The average Bonchev–Trinajstić information content (AvgIpc) is 2.33. The molecule has 0 saturated carbocycles. The van der Waals surface area contributed by atoms with Crippen LogP contribution in [0.5, 0.6) is 11.5 Å². The minimum atomic E-state index is -0.352. The zero-order valence-electron chi connectivity index (χ0n) is 10.7. The van der Waals surface area contributed by atoms with Crippen LogP contribution < -0.4 is 9.47 Å². The van der Waals surface area contributed by atoms with E-state index in [-0.39, 0.29) is 11.6 Å². The van der Waals surface area contributed by atoms with Crippen molar-refractivity contribution in [1.29, 1.82) is 0 Å². The zero-order chi connectivity index (χ0) is 12.5. The van der Waals surface area contributed by atoms with Gasteiger partial charge in [-0.3, -0.25) is 0 Å². The Morgan fingerprint density at radius 2 is 1.65 bits per heavy atom. The standard InChI is InChI=1S/C14H21FO2/c1-3-5-10-16-13-9-7-8-12(15)14(13)17-11-6-4-2/h7-9H,3-6,10-11H2,1-2H3. The number of hydrogen-bond acceptors (Lipinski definition) is 2. The van der Waals surface area contributed by atoms with Crippen LogP contribution in [0.2, 0.25) is 0 Å². The Balaban J connectivity index is 2.63. The van der Waals surface area contributed by atoms with Crippen LogP contribution in [-0.2, 0) is 0 Å². The summed E-state index contributed by atoms with van der Waals surface area (Å²) < 4.78 is 24.5. The van der Waals surface area contributed by atoms with Crippen molar-refractivity contribution < 1.29 is 13.9 Å². The van der Waals surface area contributed by atoms with E-state index in [4.69, 9.17) is 9.47 Å². The molecule has 0 aliphatic carbocycles. The molecule has 1 aromatic rings. The molecular formula is C14H21FO2. The molecule has 3 heteroatoms. The molecule has 0 radical (unpaired) electrons. The molecule has 1 rings (SSSR count). The van der Waals surface area contributed by atoms with Crippen LogP contribution in [0.4, 0.5) is 4.39 Å². The second kappa shape index (κ2) is 7.93. The van der Waals surface area contributed by atoms with E-state index in [1.165, 1.54) is 6.07 Å². The number of halogens is 1. The first kappa shape index (κ1) is 13.8. The van der Waals surface area contributed by atoms with Gasteiger partial charge in [-0.15, -0.1) is 0 Å². The lowest BCUT2D eigenvalue weighted by Crippen LogP contribution is -2.03. The normalized spacial score (nSPS) is 10.3. The number of ether oxygens (including phenoxy) is 2. The first-order valence-electron chi connectivity index (χ1n) is 6.33. The molecule has 0 fully saturated rings. The van der Waals surface area contributed by atoms with Crippen LogP contribution in [0.3, 0.4) is 0 Å². The Hall–Kier alpha value is -1.25. The maximum Gasteiger partial charge on any atom is 0.197 e. The summed E-state index contributed by atoms with van der Waals surface area (Å²) in [6.07, 6.45) is 3.97. The molecule has 0 N–H and O–H groups in total. The van der Waals surface area contributed by atoms with Gasteiger partial charge >= 0.3 is 0 Å². The number of para-hydroxylation sites is 1. The van der Waals surface area contributed by atoms with E-state index in [0.29, 0.717) is 19.0 Å². The van der Waals surface area contributed by atoms with Crippen LogP contribution in [-0.4, -0.2) is 13.2 Å². The molecule has 0 atom stereocenters. The number of unbranched alkanes of at least 4 members (excludes halogenated alkanes) is 2. The molecule has 0 heterocycles. The van der Waals surface area contributed by atoms with Crippen LogP contribution in [0, 0.1) is 5.82 Å². The number of hydrogen-bond donors (Lipinski definition) is 0. The van der Waals surface area contributed by atoms with Crippen LogP contribution in [0.15, 0.2) is 18.2 Å². The Kier molecular flexibility index (Phi) is 6.45. The number of rotatable bonds is 8. The highest BCUT2D eigenvalue weighted by Gasteiger charge is 2.10. The monoisotopic (exact) mass is 240 g/mol. The van der Waals surface area contributed by atoms with Crippen molar-refractivity contribution >= 4 is 0 Å². The molecule has 0 amide bonds. The van der Waals surface area contributed by atoms with Crippen molar-refractivity contribution in [1.82, 2.24) is 0 Å². The van der Waals surface area contributed by atoms with Crippen molar-refractivity contribution in [2.45, 2.75) is 39.5 Å². The van der Waals surface area contributed by atoms with Crippen LogP contribution >= 0.6 is 0 Å². The molecule has 0 unspecified atom stereocenters. The summed E-state index contributed by atoms with van der Waals surface area (Å²) >= 11 is 0. The Bertz CT molecular complexity index is 326. The summed E-state index contributed by atoms with van der Waals surface area (Å²) in [7, 11) is 0. The molecule has 0 spiro atoms. The van der Waals surface area contributed by atoms with Crippen LogP contribution in [0.25, 0.3) is 0 Å². The predicted molar refractivity (Wildman–Crippen MR) is 67.2 cm³/mol. The fourth-order valence-corrected chi connectivity index (χ4v) is 1.39. The fourth-order valence-electron chi connectivity index (χ4n) is 1.39. The van der Waals surface area contributed by atoms with E-state index in [9.17, 15) is 4.39 Å². The summed E-state index contributed by atoms with van der Waals surface area (Å²) in [6, 6.07) is 4.79. The van der Waals surface area contributed by atoms with Crippen molar-refractivity contribution in [3.8, 4) is 11.5 Å². The second-order valence-electron chi connectivity index (χ2n) is 3.97. The molecular weight excluding hydrogens is 219 g/mol. The highest BCUT2D eigenvalue weighted by Crippen LogP contribution is 2.30. The van der Waals surface area contributed by atoms with Gasteiger partial charge in [-0.05, 0) is 25.0 Å². The average molecular weight is 240 g/mol. The second-order valence-corrected chi connectivity index (χ2v) is 3.97. The van der Waals surface area contributed by atoms with Gasteiger partial charge in [0, 0.05) is 0 Å². The molecule has 0 saturated heterocycles. The largest absolute Gasteiger partial charge is 0.490 e. The van der Waals surface area contributed by atoms with Gasteiger partial charge < -0.3 is 9.47 Å². The van der Waals surface area contributed by atoms with Crippen molar-refractivity contribution in [3.63, 3.8) is 0 Å². The van der Waals surface area contributed by atoms with E-state index in [0.717, 1.165) is 25.7 Å². The van der Waals surface area contributed by atoms with E-state index in [2.05, 4.69) is 13.8 Å². The Morgan fingerprint density at radius 1 is 1.00 bits per heavy atom. The minimum Gasteiger partial charge on any atom is -0.490 e. The minimum absolute atomic E-state index is 0.247. The first-order valence-corrected chi connectivity index (χ1v) is 6.33. The summed E-state index contributed by atoms with van der Waals surface area (Å²) in [5.41, 5.74) is 0. The van der Waals surface area contributed by atoms with Crippen molar-refractivity contribution in [3.05, 3.63) is 24.0 Å². The lowest BCUT2D eigenvalue weighted by Gasteiger charge is -2.12. The molecule has 0 bridgehead atoms. The van der Waals surface area contributed by atoms with Gasteiger partial charge in [0.1, 0.15) is 0 Å². The SMILES string of the molecule is CCCCOc1cccc(F)c1OCCCC. The van der Waals surface area contributed by atoms with Gasteiger partial charge in [0.25, 0.3) is 0 Å². The predicted octanol–water partition coefficient (Wildman–Crippen LogP) is 4.18. The van der Waals surface area contributed by atoms with Crippen molar-refractivity contribution in [2.75, 3.05) is 13.2 Å². The van der Waals surface area contributed by atoms with Gasteiger partial charge in [-0.1, -0.05) is 32.8 Å². The summed E-state index contributed by atoms with van der Waals surface area (Å²) in [5, 5.41) is 0. The van der Waals surface area contributed by atoms with Crippen LogP contribution in [0.1, 0.15) is 39.5 Å². The van der Waals surface area contributed by atoms with Gasteiger partial charge in [-0.2, -0.15) is 0 Å². The van der Waals surface area contributed by atoms with Gasteiger partial charge in [-0.25, -0.2) is 4.39 Å². The summed E-state index contributed by atoms with van der Waals surface area (Å²) in [6.45, 7) is 5.29. The Labute approximate surface area is 103 Å². The molecule has 1 aromatic carbocycles. The summed E-state index contributed by atoms with van der Waals surface area (Å²) in [5.74, 6) is 0.404. The third-order valence-electron chi connectivity index (χ3n) is 2.43. The maximum atomic E-state index is 13.6. The quantitative estimate of drug-likeness (QED) is 0.634. The summed E-state index contributed by atoms with van der Waals surface area (Å²) in [4.78, 5) is 0. The molecule has 0 aromatic heterocycles. The van der Waals surface area contributed by atoms with E-state index in [1.807, 2.05) is 0 Å². The molecule has 0 aliphatic rings. The molecule has 0 aliphatic heterocycles. The fraction of sp³-hybridized carbons (Fsp3) is 0.571. The third-order valence-corrected chi connectivity index (χ3v) is 2.43. The van der Waals surface area contributed by atoms with Gasteiger partial charge in [0.15, 0.2) is 17.3 Å². The van der Waals surface area contributed by atoms with E-state index < -0.39 is 0 Å². The smallest absolute Gasteiger partial charge is 0.197 e. The van der Waals surface area contributed by atoms with Crippen molar-refractivity contribution in [2.24, 2.45) is 0 Å². The van der Waals surface area contributed by atoms with Gasteiger partial charge in [0.05, 0.1) is 13.2 Å². The highest BCUT2D eigenvalue weighted by molar-refractivity contribution is 5.40. The van der Waals surface area contributed by atoms with E-state index in [1.54, 1.807) is 12.1 Å². The molecule has 17 heavy (non-hydrogen) atoms. The maximum absolute atomic E-state index is 13.6. The topological polar surface area (TPSA) is 18.5 Å². The van der Waals surface area contributed by atoms with Gasteiger partial charge in [0.2, 0.25) is 0 Å². The lowest BCUT2D eigenvalue weighted by atomic mass is 10.3.